The number of halogens is 2. The van der Waals surface area contributed by atoms with E-state index in [4.69, 9.17) is 4.74 Å². The third-order valence-corrected chi connectivity index (χ3v) is 4.77. The van der Waals surface area contributed by atoms with E-state index >= 15 is 0 Å². The van der Waals surface area contributed by atoms with Crippen LogP contribution in [0, 0.1) is 18.6 Å². The lowest BCUT2D eigenvalue weighted by atomic mass is 10.2. The average molecular weight is 338 g/mol. The summed E-state index contributed by atoms with van der Waals surface area (Å²) in [5, 5.41) is 2.94. The van der Waals surface area contributed by atoms with Gasteiger partial charge in [-0.05, 0) is 26.2 Å². The minimum Gasteiger partial charge on any atom is -0.488 e. The van der Waals surface area contributed by atoms with Crippen LogP contribution in [0.25, 0.3) is 0 Å². The van der Waals surface area contributed by atoms with E-state index in [2.05, 4.69) is 10.3 Å². The molecule has 1 aromatic carbocycles. The first-order valence-electron chi connectivity index (χ1n) is 7.36. The highest BCUT2D eigenvalue weighted by atomic mass is 32.1. The summed E-state index contributed by atoms with van der Waals surface area (Å²) in [6, 6.07) is 2.91. The number of aromatic nitrogens is 1. The van der Waals surface area contributed by atoms with E-state index in [-0.39, 0.29) is 23.8 Å². The number of nitrogens with one attached hydrogen (secondary N) is 1. The molecule has 1 aromatic heterocycles. The summed E-state index contributed by atoms with van der Waals surface area (Å²) in [5.41, 5.74) is 2.32. The number of hydrogen-bond donors (Lipinski definition) is 1. The van der Waals surface area contributed by atoms with Crippen molar-refractivity contribution >= 4 is 17.2 Å². The Labute approximate surface area is 136 Å². The lowest BCUT2D eigenvalue weighted by Crippen LogP contribution is -2.42. The molecule has 0 aliphatic heterocycles. The first-order chi connectivity index (χ1) is 11.0. The predicted octanol–water partition coefficient (Wildman–Crippen LogP) is 3.46. The van der Waals surface area contributed by atoms with E-state index in [1.54, 1.807) is 12.4 Å². The van der Waals surface area contributed by atoms with Crippen LogP contribution in [0.5, 0.6) is 5.75 Å². The van der Waals surface area contributed by atoms with Crippen molar-refractivity contribution in [3.63, 3.8) is 0 Å². The number of ether oxygens (including phenoxy) is 1. The highest BCUT2D eigenvalue weighted by molar-refractivity contribution is 7.11. The Balaban J connectivity index is 1.68. The number of carbonyl (C=O) groups excluding carboxylic acids is 1. The Bertz CT molecular complexity index is 700. The summed E-state index contributed by atoms with van der Waals surface area (Å²) in [5.74, 6) is -1.41. The van der Waals surface area contributed by atoms with Gasteiger partial charge < -0.3 is 10.1 Å². The number of benzene rings is 1. The highest BCUT2D eigenvalue weighted by Gasteiger charge is 2.31. The van der Waals surface area contributed by atoms with E-state index in [0.29, 0.717) is 10.6 Å². The second-order valence-corrected chi connectivity index (χ2v) is 6.39. The van der Waals surface area contributed by atoms with E-state index < -0.39 is 11.6 Å². The molecule has 7 heteroatoms. The molecule has 1 saturated carbocycles. The molecule has 1 heterocycles. The molecule has 1 amide bonds. The molecule has 1 aliphatic rings. The van der Waals surface area contributed by atoms with E-state index in [1.165, 1.54) is 11.3 Å². The van der Waals surface area contributed by atoms with E-state index in [1.807, 2.05) is 0 Å². The molecule has 1 aliphatic carbocycles. The van der Waals surface area contributed by atoms with Gasteiger partial charge in [0.15, 0.2) is 0 Å². The molecular formula is C16H16F2N2O2S. The molecule has 0 saturated heterocycles. The van der Waals surface area contributed by atoms with Gasteiger partial charge in [0, 0.05) is 18.2 Å². The summed E-state index contributed by atoms with van der Waals surface area (Å²) in [6.07, 6.45) is 2.08. The topological polar surface area (TPSA) is 51.2 Å². The van der Waals surface area contributed by atoms with Gasteiger partial charge >= 0.3 is 0 Å². The Kier molecular flexibility index (Phi) is 4.56. The number of nitrogens with zero attached hydrogens (tertiary/aromatic N) is 1. The summed E-state index contributed by atoms with van der Waals surface area (Å²) in [7, 11) is 0. The van der Waals surface area contributed by atoms with Crippen LogP contribution >= 0.6 is 11.3 Å². The Hall–Kier alpha value is -2.02. The minimum atomic E-state index is -0.682. The fourth-order valence-corrected chi connectivity index (χ4v) is 3.46. The van der Waals surface area contributed by atoms with Gasteiger partial charge in [0.25, 0.3) is 5.91 Å². The molecule has 122 valence electrons. The third kappa shape index (κ3) is 3.67. The molecule has 2 atom stereocenters. The van der Waals surface area contributed by atoms with E-state index in [9.17, 15) is 13.6 Å². The number of hydrogen-bond acceptors (Lipinski definition) is 4. The number of aryl methyl sites for hydroxylation is 1. The van der Waals surface area contributed by atoms with Crippen LogP contribution in [-0.2, 0) is 0 Å². The molecule has 2 aromatic rings. The molecule has 23 heavy (non-hydrogen) atoms. The van der Waals surface area contributed by atoms with Gasteiger partial charge in [-0.2, -0.15) is 0 Å². The van der Waals surface area contributed by atoms with Crippen molar-refractivity contribution in [2.24, 2.45) is 0 Å². The molecular weight excluding hydrogens is 322 g/mol. The van der Waals surface area contributed by atoms with Gasteiger partial charge in [-0.3, -0.25) is 4.79 Å². The number of amides is 1. The van der Waals surface area contributed by atoms with Crippen LogP contribution in [0.4, 0.5) is 8.78 Å². The largest absolute Gasteiger partial charge is 0.488 e. The third-order valence-electron chi connectivity index (χ3n) is 3.84. The van der Waals surface area contributed by atoms with Gasteiger partial charge in [-0.25, -0.2) is 13.8 Å². The fourth-order valence-electron chi connectivity index (χ4n) is 2.76. The zero-order valence-electron chi connectivity index (χ0n) is 12.5. The van der Waals surface area contributed by atoms with Crippen molar-refractivity contribution in [1.29, 1.82) is 0 Å². The number of thiazole rings is 1. The van der Waals surface area contributed by atoms with Gasteiger partial charge in [-0.15, -0.1) is 11.3 Å². The van der Waals surface area contributed by atoms with Crippen LogP contribution in [0.1, 0.15) is 34.6 Å². The maximum Gasteiger partial charge on any atom is 0.263 e. The number of carbonyl (C=O) groups is 1. The molecule has 0 unspecified atom stereocenters. The summed E-state index contributed by atoms with van der Waals surface area (Å²) in [6.45, 7) is 1.78. The second kappa shape index (κ2) is 6.62. The zero-order valence-corrected chi connectivity index (χ0v) is 13.3. The zero-order chi connectivity index (χ0) is 16.4. The van der Waals surface area contributed by atoms with Crippen molar-refractivity contribution in [3.8, 4) is 5.75 Å². The molecule has 0 radical (unpaired) electrons. The summed E-state index contributed by atoms with van der Waals surface area (Å²) in [4.78, 5) is 16.9. The monoisotopic (exact) mass is 338 g/mol. The second-order valence-electron chi connectivity index (χ2n) is 5.54. The Morgan fingerprint density at radius 2 is 2.04 bits per heavy atom. The van der Waals surface area contributed by atoms with Crippen molar-refractivity contribution in [2.45, 2.75) is 38.3 Å². The highest BCUT2D eigenvalue weighted by Crippen LogP contribution is 2.26. The van der Waals surface area contributed by atoms with Crippen LogP contribution in [0.3, 0.4) is 0 Å². The maximum atomic E-state index is 13.2. The Morgan fingerprint density at radius 1 is 1.30 bits per heavy atom. The lowest BCUT2D eigenvalue weighted by molar-refractivity contribution is 0.0896. The quantitative estimate of drug-likeness (QED) is 0.929. The van der Waals surface area contributed by atoms with Crippen LogP contribution in [0.15, 0.2) is 23.7 Å². The van der Waals surface area contributed by atoms with Crippen molar-refractivity contribution in [3.05, 3.63) is 45.9 Å². The normalized spacial score (nSPS) is 20.5. The van der Waals surface area contributed by atoms with Gasteiger partial charge in [0.2, 0.25) is 0 Å². The molecule has 0 bridgehead atoms. The van der Waals surface area contributed by atoms with Gasteiger partial charge in [0.05, 0.1) is 17.2 Å². The van der Waals surface area contributed by atoms with Gasteiger partial charge in [-0.1, -0.05) is 0 Å². The smallest absolute Gasteiger partial charge is 0.263 e. The maximum absolute atomic E-state index is 13.2. The summed E-state index contributed by atoms with van der Waals surface area (Å²) < 4.78 is 32.2. The first kappa shape index (κ1) is 15.9. The number of rotatable bonds is 4. The molecule has 0 spiro atoms. The average Bonchev–Trinajstić information content (AvgIpc) is 3.07. The Morgan fingerprint density at radius 3 is 2.70 bits per heavy atom. The summed E-state index contributed by atoms with van der Waals surface area (Å²) >= 11 is 1.29. The first-order valence-corrected chi connectivity index (χ1v) is 8.24. The van der Waals surface area contributed by atoms with Crippen molar-refractivity contribution in [1.82, 2.24) is 10.3 Å². The predicted molar refractivity (Wildman–Crippen MR) is 82.7 cm³/mol. The van der Waals surface area contributed by atoms with Crippen molar-refractivity contribution < 1.29 is 18.3 Å². The molecule has 4 nitrogen and oxygen atoms in total. The van der Waals surface area contributed by atoms with Crippen molar-refractivity contribution in [2.75, 3.05) is 0 Å². The van der Waals surface area contributed by atoms with Crippen LogP contribution < -0.4 is 10.1 Å². The SMILES string of the molecule is Cc1ncsc1C(=O)N[C@H]1CCC[C@H]1Oc1cc(F)cc(F)c1. The lowest BCUT2D eigenvalue weighted by Gasteiger charge is -2.22. The molecule has 1 fully saturated rings. The van der Waals surface area contributed by atoms with Crippen LogP contribution in [0.2, 0.25) is 0 Å². The standard InChI is InChI=1S/C16H16F2N2O2S/c1-9-15(23-8-19-9)16(21)20-13-3-2-4-14(13)22-12-6-10(17)5-11(18)7-12/h5-8,13-14H,2-4H2,1H3,(H,20,21)/t13-,14+/m0/s1. The van der Waals surface area contributed by atoms with Crippen LogP contribution in [-0.4, -0.2) is 23.0 Å². The molecule has 3 rings (SSSR count). The van der Waals surface area contributed by atoms with E-state index in [0.717, 1.165) is 37.5 Å². The minimum absolute atomic E-state index is 0.141. The van der Waals surface area contributed by atoms with Gasteiger partial charge in [0.1, 0.15) is 28.4 Å². The molecule has 1 N–H and O–H groups in total. The fraction of sp³-hybridized carbons (Fsp3) is 0.375.